The van der Waals surface area contributed by atoms with E-state index in [1.807, 2.05) is 64.9 Å². The summed E-state index contributed by atoms with van der Waals surface area (Å²) in [5, 5.41) is 2.02. The Bertz CT molecular complexity index is 958. The van der Waals surface area contributed by atoms with Gasteiger partial charge in [0.25, 0.3) is 5.91 Å². The number of ether oxygens (including phenoxy) is 3. The molecule has 6 heteroatoms. The van der Waals surface area contributed by atoms with Crippen molar-refractivity contribution in [2.75, 3.05) is 6.79 Å². The maximum atomic E-state index is 12.9. The molecule has 0 radical (unpaired) electrons. The fraction of sp³-hybridized carbons (Fsp3) is 0.190. The van der Waals surface area contributed by atoms with Gasteiger partial charge in [0.05, 0.1) is 0 Å². The summed E-state index contributed by atoms with van der Waals surface area (Å²) in [6, 6.07) is 19.2. The van der Waals surface area contributed by atoms with E-state index >= 15 is 0 Å². The highest BCUT2D eigenvalue weighted by Gasteiger charge is 2.50. The highest BCUT2D eigenvalue weighted by Crippen LogP contribution is 2.41. The van der Waals surface area contributed by atoms with Gasteiger partial charge in [0.2, 0.25) is 12.9 Å². The number of amides is 1. The van der Waals surface area contributed by atoms with E-state index in [-0.39, 0.29) is 18.7 Å². The first-order valence-corrected chi connectivity index (χ1v) is 9.62. The largest absolute Gasteiger partial charge is 0.478 e. The average Bonchev–Trinajstić information content (AvgIpc) is 3.39. The van der Waals surface area contributed by atoms with Crippen LogP contribution in [0.2, 0.25) is 0 Å². The van der Waals surface area contributed by atoms with Crippen LogP contribution in [0.1, 0.15) is 16.5 Å². The number of hydrogen-bond donors (Lipinski definition) is 0. The van der Waals surface area contributed by atoms with Crippen LogP contribution in [0.15, 0.2) is 66.0 Å². The number of likely N-dealkylation sites (tertiary alicyclic amines) is 1. The van der Waals surface area contributed by atoms with Crippen molar-refractivity contribution in [3.8, 4) is 17.2 Å². The lowest BCUT2D eigenvalue weighted by atomic mass is 9.95. The number of para-hydroxylation sites is 1. The molecule has 1 amide bonds. The summed E-state index contributed by atoms with van der Waals surface area (Å²) >= 11 is 1.64. The molecule has 2 aromatic carbocycles. The first kappa shape index (κ1) is 16.2. The van der Waals surface area contributed by atoms with E-state index in [9.17, 15) is 4.79 Å². The average molecular weight is 379 g/mol. The molecular weight excluding hydrogens is 362 g/mol. The zero-order valence-electron chi connectivity index (χ0n) is 14.4. The highest BCUT2D eigenvalue weighted by atomic mass is 32.1. The van der Waals surface area contributed by atoms with Gasteiger partial charge in [-0.3, -0.25) is 4.79 Å². The first-order valence-electron chi connectivity index (χ1n) is 8.74. The number of nitrogens with zero attached hydrogens (tertiary/aromatic N) is 1. The van der Waals surface area contributed by atoms with Crippen LogP contribution in [0.3, 0.4) is 0 Å². The van der Waals surface area contributed by atoms with E-state index < -0.39 is 6.10 Å². The minimum atomic E-state index is -0.500. The Kier molecular flexibility index (Phi) is 3.98. The molecule has 0 unspecified atom stereocenters. The van der Waals surface area contributed by atoms with Gasteiger partial charge in [0.1, 0.15) is 11.8 Å². The predicted octanol–water partition coefficient (Wildman–Crippen LogP) is 4.01. The fourth-order valence-corrected chi connectivity index (χ4v) is 4.31. The number of benzene rings is 2. The second-order valence-electron chi connectivity index (χ2n) is 6.47. The molecule has 5 nitrogen and oxygen atoms in total. The number of thiophene rings is 1. The third-order valence-electron chi connectivity index (χ3n) is 4.78. The van der Waals surface area contributed by atoms with Crippen molar-refractivity contribution in [3.05, 3.63) is 76.5 Å². The molecular formula is C21H17NO4S. The summed E-state index contributed by atoms with van der Waals surface area (Å²) in [5.41, 5.74) is 1.01. The lowest BCUT2D eigenvalue weighted by Gasteiger charge is -2.46. The number of β-lactam (4-membered cyclic amide) rings is 1. The molecule has 0 aliphatic carbocycles. The zero-order chi connectivity index (χ0) is 18.2. The van der Waals surface area contributed by atoms with Crippen LogP contribution in [-0.2, 0) is 11.3 Å². The number of carbonyl (C=O) groups is 1. The lowest BCUT2D eigenvalue weighted by molar-refractivity contribution is -0.165. The van der Waals surface area contributed by atoms with Crippen LogP contribution in [0, 0.1) is 0 Å². The molecule has 2 aliphatic heterocycles. The van der Waals surface area contributed by atoms with Gasteiger partial charge in [0, 0.05) is 11.4 Å². The predicted molar refractivity (Wildman–Crippen MR) is 101 cm³/mol. The van der Waals surface area contributed by atoms with Gasteiger partial charge < -0.3 is 19.1 Å². The number of carbonyl (C=O) groups excluding carboxylic acids is 1. The maximum absolute atomic E-state index is 12.9. The van der Waals surface area contributed by atoms with Crippen molar-refractivity contribution in [3.63, 3.8) is 0 Å². The smallest absolute Gasteiger partial charge is 0.267 e. The highest BCUT2D eigenvalue weighted by molar-refractivity contribution is 7.10. The van der Waals surface area contributed by atoms with Crippen LogP contribution in [0.25, 0.3) is 0 Å². The Hall–Kier alpha value is -2.99. The molecule has 1 aromatic heterocycles. The molecule has 0 N–H and O–H groups in total. The van der Waals surface area contributed by atoms with E-state index in [1.165, 1.54) is 0 Å². The summed E-state index contributed by atoms with van der Waals surface area (Å²) in [5.74, 6) is 2.18. The Morgan fingerprint density at radius 3 is 2.70 bits per heavy atom. The maximum Gasteiger partial charge on any atom is 0.267 e. The molecule has 5 rings (SSSR count). The molecule has 1 saturated heterocycles. The summed E-state index contributed by atoms with van der Waals surface area (Å²) in [6.07, 6.45) is -0.500. The third-order valence-corrected chi connectivity index (χ3v) is 5.72. The number of hydrogen-bond acceptors (Lipinski definition) is 5. The van der Waals surface area contributed by atoms with Gasteiger partial charge >= 0.3 is 0 Å². The van der Waals surface area contributed by atoms with Crippen LogP contribution in [0.4, 0.5) is 0 Å². The van der Waals surface area contributed by atoms with Crippen LogP contribution >= 0.6 is 11.3 Å². The first-order chi connectivity index (χ1) is 13.3. The van der Waals surface area contributed by atoms with Gasteiger partial charge in [0.15, 0.2) is 11.5 Å². The fourth-order valence-electron chi connectivity index (χ4n) is 3.45. The van der Waals surface area contributed by atoms with Crippen molar-refractivity contribution < 1.29 is 19.0 Å². The van der Waals surface area contributed by atoms with E-state index in [4.69, 9.17) is 14.2 Å². The van der Waals surface area contributed by atoms with E-state index in [1.54, 1.807) is 11.3 Å². The van der Waals surface area contributed by atoms with Gasteiger partial charge in [-0.1, -0.05) is 30.3 Å². The van der Waals surface area contributed by atoms with Crippen molar-refractivity contribution in [1.82, 2.24) is 4.90 Å². The monoisotopic (exact) mass is 379 g/mol. The molecule has 2 atom stereocenters. The summed E-state index contributed by atoms with van der Waals surface area (Å²) < 4.78 is 16.8. The molecule has 0 bridgehead atoms. The van der Waals surface area contributed by atoms with Crippen molar-refractivity contribution in [2.24, 2.45) is 0 Å². The Morgan fingerprint density at radius 1 is 1.04 bits per heavy atom. The normalized spacial score (nSPS) is 20.4. The van der Waals surface area contributed by atoms with Crippen LogP contribution in [0.5, 0.6) is 17.2 Å². The van der Waals surface area contributed by atoms with E-state index in [2.05, 4.69) is 6.07 Å². The molecule has 3 heterocycles. The van der Waals surface area contributed by atoms with Gasteiger partial charge in [-0.05, 0) is 41.3 Å². The molecule has 27 heavy (non-hydrogen) atoms. The van der Waals surface area contributed by atoms with Crippen molar-refractivity contribution >= 4 is 17.2 Å². The Morgan fingerprint density at radius 2 is 1.89 bits per heavy atom. The molecule has 2 aliphatic rings. The van der Waals surface area contributed by atoms with Gasteiger partial charge in [-0.15, -0.1) is 11.3 Å². The van der Waals surface area contributed by atoms with Gasteiger partial charge in [-0.2, -0.15) is 0 Å². The molecule has 136 valence electrons. The number of rotatable bonds is 5. The molecule has 0 spiro atoms. The van der Waals surface area contributed by atoms with E-state index in [0.29, 0.717) is 12.3 Å². The minimum absolute atomic E-state index is 0.00470. The quantitative estimate of drug-likeness (QED) is 0.629. The summed E-state index contributed by atoms with van der Waals surface area (Å²) in [4.78, 5) is 15.8. The second-order valence-corrected chi connectivity index (χ2v) is 7.44. The van der Waals surface area contributed by atoms with Gasteiger partial charge in [-0.25, -0.2) is 0 Å². The third kappa shape index (κ3) is 2.92. The number of fused-ring (bicyclic) bond motifs is 1. The van der Waals surface area contributed by atoms with E-state index in [0.717, 1.165) is 21.9 Å². The SMILES string of the molecule is O=C1[C@H](Oc2ccccc2)[C@@H](c2cccs2)N1Cc1ccc2c(c1)OCO2. The standard InChI is InChI=1S/C21H17NO4S/c23-21-20(26-15-5-2-1-3-6-15)19(18-7-4-10-27-18)22(21)12-14-8-9-16-17(11-14)25-13-24-16/h1-11,19-20H,12-13H2/t19-,20-/m1/s1. The topological polar surface area (TPSA) is 48.0 Å². The molecule has 1 fully saturated rings. The molecule has 0 saturated carbocycles. The van der Waals surface area contributed by atoms with Crippen molar-refractivity contribution in [1.29, 1.82) is 0 Å². The zero-order valence-corrected chi connectivity index (χ0v) is 15.2. The Labute approximate surface area is 160 Å². The second kappa shape index (κ2) is 6.63. The van der Waals surface area contributed by atoms with Crippen molar-refractivity contribution in [2.45, 2.75) is 18.7 Å². The summed E-state index contributed by atoms with van der Waals surface area (Å²) in [7, 11) is 0. The molecule has 3 aromatic rings. The summed E-state index contributed by atoms with van der Waals surface area (Å²) in [6.45, 7) is 0.749. The lowest BCUT2D eigenvalue weighted by Crippen LogP contribution is -2.60. The minimum Gasteiger partial charge on any atom is -0.478 e. The Balaban J connectivity index is 1.39. The van der Waals surface area contributed by atoms with Crippen LogP contribution < -0.4 is 14.2 Å². The van der Waals surface area contributed by atoms with Crippen LogP contribution in [-0.4, -0.2) is 23.7 Å².